The van der Waals surface area contributed by atoms with Crippen LogP contribution >= 0.6 is 0 Å². The van der Waals surface area contributed by atoms with E-state index in [1.807, 2.05) is 0 Å². The number of benzene rings is 1. The first-order valence-corrected chi connectivity index (χ1v) is 10.9. The molecule has 1 aromatic carbocycles. The lowest BCUT2D eigenvalue weighted by Gasteiger charge is -2.43. The second-order valence-corrected chi connectivity index (χ2v) is 9.07. The standard InChI is InChI=1S/C18H24N2O9S/c1-27-18(22)8-13-6-7-14-16(29-13)11-28-10-12(21)9-19(14)30(25,26)17-5-3-2-4-15(17)20(23)24/h2-5,12-14,16,21H,6-11H2,1H3/t12-,13-,14-,16+/m0/s1. The topological polar surface area (TPSA) is 146 Å². The van der Waals surface area contributed by atoms with Crippen molar-refractivity contribution in [3.05, 3.63) is 34.4 Å². The van der Waals surface area contributed by atoms with Crippen molar-refractivity contribution in [3.8, 4) is 0 Å². The summed E-state index contributed by atoms with van der Waals surface area (Å²) in [7, 11) is -3.05. The molecule has 0 amide bonds. The van der Waals surface area contributed by atoms with Gasteiger partial charge in [0.15, 0.2) is 4.90 Å². The number of para-hydroxylation sites is 1. The highest BCUT2D eigenvalue weighted by Gasteiger charge is 2.44. The smallest absolute Gasteiger partial charge is 0.308 e. The van der Waals surface area contributed by atoms with Gasteiger partial charge in [-0.05, 0) is 18.9 Å². The molecule has 12 heteroatoms. The summed E-state index contributed by atoms with van der Waals surface area (Å²) >= 11 is 0. The molecular formula is C18H24N2O9S. The van der Waals surface area contributed by atoms with Crippen molar-refractivity contribution in [1.29, 1.82) is 0 Å². The molecule has 0 aromatic heterocycles. The molecule has 11 nitrogen and oxygen atoms in total. The molecule has 166 valence electrons. The molecule has 0 aliphatic carbocycles. The van der Waals surface area contributed by atoms with E-state index < -0.39 is 55.9 Å². The normalized spacial score (nSPS) is 28.1. The Hall–Kier alpha value is -2.12. The zero-order chi connectivity index (χ0) is 21.9. The van der Waals surface area contributed by atoms with Crippen LogP contribution < -0.4 is 0 Å². The Labute approximate surface area is 173 Å². The summed E-state index contributed by atoms with van der Waals surface area (Å²) in [4.78, 5) is 21.8. The van der Waals surface area contributed by atoms with Gasteiger partial charge in [-0.15, -0.1) is 0 Å². The molecule has 3 rings (SSSR count). The third-order valence-electron chi connectivity index (χ3n) is 5.20. The molecule has 4 atom stereocenters. The Kier molecular flexibility index (Phi) is 7.03. The number of carbonyl (C=O) groups is 1. The zero-order valence-electron chi connectivity index (χ0n) is 16.4. The number of fused-ring (bicyclic) bond motifs is 1. The maximum atomic E-state index is 13.4. The van der Waals surface area contributed by atoms with E-state index in [0.717, 1.165) is 10.4 Å². The van der Waals surface area contributed by atoms with Crippen LogP contribution in [0.1, 0.15) is 19.3 Å². The number of sulfonamides is 1. The number of β-amino-alcohol motifs (C(OH)–C–C–N with tert-alkyl or cyclic N) is 1. The zero-order valence-corrected chi connectivity index (χ0v) is 17.2. The molecule has 0 spiro atoms. The second-order valence-electron chi connectivity index (χ2n) is 7.21. The molecule has 0 unspecified atom stereocenters. The number of nitro groups is 1. The van der Waals surface area contributed by atoms with Crippen LogP contribution in [0.3, 0.4) is 0 Å². The number of aliphatic hydroxyl groups excluding tert-OH is 1. The molecule has 0 radical (unpaired) electrons. The highest BCUT2D eigenvalue weighted by atomic mass is 32.2. The monoisotopic (exact) mass is 444 g/mol. The minimum atomic E-state index is -4.32. The fraction of sp³-hybridized carbons (Fsp3) is 0.611. The van der Waals surface area contributed by atoms with Gasteiger partial charge in [0, 0.05) is 12.6 Å². The van der Waals surface area contributed by atoms with Gasteiger partial charge in [-0.1, -0.05) is 12.1 Å². The molecule has 2 aliphatic rings. The van der Waals surface area contributed by atoms with E-state index in [-0.39, 0.29) is 26.2 Å². The summed E-state index contributed by atoms with van der Waals surface area (Å²) in [6.45, 7) is -0.389. The average molecular weight is 444 g/mol. The van der Waals surface area contributed by atoms with Gasteiger partial charge in [0.05, 0.1) is 56.0 Å². The molecule has 2 saturated heterocycles. The van der Waals surface area contributed by atoms with Crippen LogP contribution in [0, 0.1) is 10.1 Å². The van der Waals surface area contributed by atoms with Crippen LogP contribution in [0.15, 0.2) is 29.2 Å². The molecule has 0 bridgehead atoms. The summed E-state index contributed by atoms with van der Waals surface area (Å²) < 4.78 is 43.9. The Morgan fingerprint density at radius 2 is 2.07 bits per heavy atom. The van der Waals surface area contributed by atoms with Crippen LogP contribution in [0.5, 0.6) is 0 Å². The summed E-state index contributed by atoms with van der Waals surface area (Å²) in [5.74, 6) is -0.440. The number of nitro benzene ring substituents is 1. The number of aliphatic hydroxyl groups is 1. The quantitative estimate of drug-likeness (QED) is 0.389. The maximum Gasteiger partial charge on any atom is 0.308 e. The van der Waals surface area contributed by atoms with Gasteiger partial charge in [0.2, 0.25) is 10.0 Å². The van der Waals surface area contributed by atoms with Crippen molar-refractivity contribution in [1.82, 2.24) is 4.31 Å². The molecule has 2 heterocycles. The number of methoxy groups -OCH3 is 1. The molecule has 2 aliphatic heterocycles. The van der Waals surface area contributed by atoms with Gasteiger partial charge in [-0.25, -0.2) is 8.42 Å². The average Bonchev–Trinajstić information content (AvgIpc) is 2.71. The summed E-state index contributed by atoms with van der Waals surface area (Å²) in [6, 6.07) is 4.38. The third kappa shape index (κ3) is 4.78. The third-order valence-corrected chi connectivity index (χ3v) is 7.14. The second kappa shape index (κ2) is 9.35. The lowest BCUT2D eigenvalue weighted by Crippen LogP contribution is -2.57. The van der Waals surface area contributed by atoms with E-state index in [9.17, 15) is 28.4 Å². The first-order chi connectivity index (χ1) is 14.2. The van der Waals surface area contributed by atoms with E-state index >= 15 is 0 Å². The number of carbonyl (C=O) groups excluding carboxylic acids is 1. The number of esters is 1. The van der Waals surface area contributed by atoms with Gasteiger partial charge in [-0.2, -0.15) is 4.31 Å². The number of hydrogen-bond acceptors (Lipinski definition) is 9. The molecule has 0 saturated carbocycles. The number of ether oxygens (including phenoxy) is 3. The van der Waals surface area contributed by atoms with Gasteiger partial charge >= 0.3 is 5.97 Å². The van der Waals surface area contributed by atoms with E-state index in [4.69, 9.17) is 9.47 Å². The largest absolute Gasteiger partial charge is 0.469 e. The maximum absolute atomic E-state index is 13.4. The first kappa shape index (κ1) is 22.6. The number of rotatable bonds is 5. The van der Waals surface area contributed by atoms with Crippen molar-refractivity contribution < 1.29 is 37.5 Å². The molecule has 1 N–H and O–H groups in total. The van der Waals surface area contributed by atoms with Crippen LogP contribution in [0.25, 0.3) is 0 Å². The molecule has 1 aromatic rings. The van der Waals surface area contributed by atoms with Crippen LogP contribution in [0.2, 0.25) is 0 Å². The van der Waals surface area contributed by atoms with E-state index in [1.54, 1.807) is 0 Å². The van der Waals surface area contributed by atoms with Gasteiger partial charge < -0.3 is 19.3 Å². The highest BCUT2D eigenvalue weighted by Crippen LogP contribution is 2.34. The SMILES string of the molecule is COC(=O)C[C@@H]1CC[C@H]2[C@@H](COC[C@@H](O)CN2S(=O)(=O)c2ccccc2[N+](=O)[O-])O1. The minimum Gasteiger partial charge on any atom is -0.469 e. The van der Waals surface area contributed by atoms with Crippen molar-refractivity contribution in [2.45, 2.75) is 48.5 Å². The van der Waals surface area contributed by atoms with Crippen LogP contribution in [0.4, 0.5) is 5.69 Å². The van der Waals surface area contributed by atoms with Crippen molar-refractivity contribution >= 4 is 21.7 Å². The van der Waals surface area contributed by atoms with Gasteiger partial charge in [0.25, 0.3) is 5.69 Å². The molecule has 30 heavy (non-hydrogen) atoms. The number of nitrogens with zero attached hydrogens (tertiary/aromatic N) is 2. The fourth-order valence-corrected chi connectivity index (χ4v) is 5.67. The summed E-state index contributed by atoms with van der Waals surface area (Å²) in [5.41, 5.74) is -0.540. The van der Waals surface area contributed by atoms with Gasteiger partial charge in [0.1, 0.15) is 0 Å². The van der Waals surface area contributed by atoms with Crippen molar-refractivity contribution in [2.24, 2.45) is 0 Å². The van der Waals surface area contributed by atoms with E-state index in [1.165, 1.54) is 25.3 Å². The summed E-state index contributed by atoms with van der Waals surface area (Å²) in [5, 5.41) is 21.6. The first-order valence-electron chi connectivity index (χ1n) is 9.47. The van der Waals surface area contributed by atoms with Crippen molar-refractivity contribution in [2.75, 3.05) is 26.9 Å². The lowest BCUT2D eigenvalue weighted by molar-refractivity contribution is -0.387. The minimum absolute atomic E-state index is 0.0162. The fourth-order valence-electron chi connectivity index (χ4n) is 3.79. The van der Waals surface area contributed by atoms with Crippen LogP contribution in [-0.4, -0.2) is 79.9 Å². The Morgan fingerprint density at radius 3 is 2.77 bits per heavy atom. The Bertz CT molecular complexity index is 891. The van der Waals surface area contributed by atoms with Crippen LogP contribution in [-0.2, 0) is 29.0 Å². The predicted octanol–water partition coefficient (Wildman–Crippen LogP) is 0.456. The molecule has 2 fully saturated rings. The lowest BCUT2D eigenvalue weighted by atomic mass is 9.96. The molecular weight excluding hydrogens is 420 g/mol. The summed E-state index contributed by atoms with van der Waals surface area (Å²) in [6.07, 6.45) is -1.51. The van der Waals surface area contributed by atoms with Gasteiger partial charge in [-0.3, -0.25) is 14.9 Å². The van der Waals surface area contributed by atoms with E-state index in [2.05, 4.69) is 4.74 Å². The van der Waals surface area contributed by atoms with E-state index in [0.29, 0.717) is 12.8 Å². The number of hydrogen-bond donors (Lipinski definition) is 1. The predicted molar refractivity (Wildman–Crippen MR) is 102 cm³/mol. The van der Waals surface area contributed by atoms with Crippen molar-refractivity contribution in [3.63, 3.8) is 0 Å². The Morgan fingerprint density at radius 1 is 1.33 bits per heavy atom. The highest BCUT2D eigenvalue weighted by molar-refractivity contribution is 7.89. The Balaban J connectivity index is 1.93.